The van der Waals surface area contributed by atoms with E-state index in [-0.39, 0.29) is 11.9 Å². The maximum atomic E-state index is 12.2. The van der Waals surface area contributed by atoms with Crippen LogP contribution in [0.3, 0.4) is 0 Å². The highest BCUT2D eigenvalue weighted by molar-refractivity contribution is 7.12. The first-order valence-corrected chi connectivity index (χ1v) is 8.03. The van der Waals surface area contributed by atoms with Crippen LogP contribution in [-0.4, -0.2) is 16.1 Å². The van der Waals surface area contributed by atoms with Gasteiger partial charge in [0.05, 0.1) is 5.56 Å². The van der Waals surface area contributed by atoms with Gasteiger partial charge in [-0.3, -0.25) is 0 Å². The minimum absolute atomic E-state index is 0.279. The smallest absolute Gasteiger partial charge is 0.340 e. The molecule has 0 aliphatic heterocycles. The second kappa shape index (κ2) is 6.34. The molecule has 2 heterocycles. The van der Waals surface area contributed by atoms with Crippen LogP contribution >= 0.6 is 11.3 Å². The molecule has 0 aliphatic carbocycles. The molecule has 0 bridgehead atoms. The molecule has 0 amide bonds. The number of carbonyl (C=O) groups is 1. The SMILES string of the molecule is Cc1cc(C(=O)O[C@H](C)c2nc(-c3ccccc3)no2)c(C)s1. The molecule has 2 aromatic heterocycles. The van der Waals surface area contributed by atoms with Gasteiger partial charge in [-0.2, -0.15) is 4.98 Å². The summed E-state index contributed by atoms with van der Waals surface area (Å²) < 4.78 is 10.7. The lowest BCUT2D eigenvalue weighted by molar-refractivity contribution is 0.0265. The Balaban J connectivity index is 1.74. The minimum atomic E-state index is -0.605. The molecule has 0 aliphatic rings. The quantitative estimate of drug-likeness (QED) is 0.667. The molecule has 0 radical (unpaired) electrons. The van der Waals surface area contributed by atoms with Gasteiger partial charge in [0.2, 0.25) is 5.82 Å². The molecular formula is C17H16N2O3S. The highest BCUT2D eigenvalue weighted by Crippen LogP contribution is 2.25. The van der Waals surface area contributed by atoms with Crippen LogP contribution < -0.4 is 0 Å². The van der Waals surface area contributed by atoms with Crippen molar-refractivity contribution >= 4 is 17.3 Å². The highest BCUT2D eigenvalue weighted by atomic mass is 32.1. The van der Waals surface area contributed by atoms with Gasteiger partial charge in [-0.25, -0.2) is 4.79 Å². The van der Waals surface area contributed by atoms with E-state index in [1.807, 2.05) is 50.2 Å². The van der Waals surface area contributed by atoms with E-state index in [9.17, 15) is 4.79 Å². The summed E-state index contributed by atoms with van der Waals surface area (Å²) in [5.74, 6) is 0.381. The van der Waals surface area contributed by atoms with Gasteiger partial charge >= 0.3 is 5.97 Å². The third kappa shape index (κ3) is 3.32. The monoisotopic (exact) mass is 328 g/mol. The van der Waals surface area contributed by atoms with E-state index in [2.05, 4.69) is 10.1 Å². The standard InChI is InChI=1S/C17H16N2O3S/c1-10-9-14(12(3)23-10)17(20)21-11(2)16-18-15(19-22-16)13-7-5-4-6-8-13/h4-9,11H,1-3H3/t11-/m1/s1. The molecular weight excluding hydrogens is 312 g/mol. The van der Waals surface area contributed by atoms with E-state index in [4.69, 9.17) is 9.26 Å². The number of carbonyl (C=O) groups excluding carboxylic acids is 1. The predicted molar refractivity (Wildman–Crippen MR) is 87.4 cm³/mol. The average molecular weight is 328 g/mol. The molecule has 23 heavy (non-hydrogen) atoms. The van der Waals surface area contributed by atoms with E-state index in [1.54, 1.807) is 18.3 Å². The maximum absolute atomic E-state index is 12.2. The lowest BCUT2D eigenvalue weighted by Gasteiger charge is -2.08. The molecule has 0 saturated carbocycles. The summed E-state index contributed by atoms with van der Waals surface area (Å²) in [7, 11) is 0. The van der Waals surface area contributed by atoms with Crippen LogP contribution in [0.25, 0.3) is 11.4 Å². The van der Waals surface area contributed by atoms with E-state index < -0.39 is 6.10 Å². The molecule has 0 spiro atoms. The van der Waals surface area contributed by atoms with Gasteiger partial charge in [0.15, 0.2) is 6.10 Å². The first kappa shape index (κ1) is 15.4. The molecule has 0 N–H and O–H groups in total. The summed E-state index contributed by atoms with van der Waals surface area (Å²) in [6.45, 7) is 5.58. The van der Waals surface area contributed by atoms with Crippen molar-refractivity contribution in [2.75, 3.05) is 0 Å². The third-order valence-electron chi connectivity index (χ3n) is 3.37. The number of thiophene rings is 1. The average Bonchev–Trinajstić information content (AvgIpc) is 3.15. The van der Waals surface area contributed by atoms with Crippen LogP contribution in [0, 0.1) is 13.8 Å². The van der Waals surface area contributed by atoms with Crippen LogP contribution in [0.2, 0.25) is 0 Å². The highest BCUT2D eigenvalue weighted by Gasteiger charge is 2.22. The number of benzene rings is 1. The number of hydrogen-bond acceptors (Lipinski definition) is 6. The Morgan fingerprint density at radius 2 is 2.00 bits per heavy atom. The number of ether oxygens (including phenoxy) is 1. The summed E-state index contributed by atoms with van der Waals surface area (Å²) in [5, 5.41) is 3.93. The molecule has 118 valence electrons. The van der Waals surface area contributed by atoms with Gasteiger partial charge in [0.25, 0.3) is 5.89 Å². The fraction of sp³-hybridized carbons (Fsp3) is 0.235. The number of esters is 1. The van der Waals surface area contributed by atoms with E-state index >= 15 is 0 Å². The van der Waals surface area contributed by atoms with Crippen molar-refractivity contribution in [2.45, 2.75) is 26.9 Å². The predicted octanol–water partition coefficient (Wildman–Crippen LogP) is 4.33. The summed E-state index contributed by atoms with van der Waals surface area (Å²) >= 11 is 1.57. The van der Waals surface area contributed by atoms with Gasteiger partial charge in [0, 0.05) is 15.3 Å². The fourth-order valence-electron chi connectivity index (χ4n) is 2.21. The Bertz CT molecular complexity index is 823. The second-order valence-electron chi connectivity index (χ2n) is 5.20. The van der Waals surface area contributed by atoms with Crippen molar-refractivity contribution in [1.82, 2.24) is 10.1 Å². The molecule has 1 aromatic carbocycles. The van der Waals surface area contributed by atoms with Crippen molar-refractivity contribution in [2.24, 2.45) is 0 Å². The second-order valence-corrected chi connectivity index (χ2v) is 6.66. The summed E-state index contributed by atoms with van der Waals surface area (Å²) in [5.41, 5.74) is 1.44. The Kier molecular flexibility index (Phi) is 4.25. The van der Waals surface area contributed by atoms with Crippen LogP contribution in [0.5, 0.6) is 0 Å². The van der Waals surface area contributed by atoms with E-state index in [0.29, 0.717) is 11.4 Å². The fourth-order valence-corrected chi connectivity index (χ4v) is 3.12. The van der Waals surface area contributed by atoms with E-state index in [0.717, 1.165) is 15.3 Å². The number of nitrogens with zero attached hydrogens (tertiary/aromatic N) is 2. The zero-order valence-electron chi connectivity index (χ0n) is 13.1. The van der Waals surface area contributed by atoms with Crippen LogP contribution in [0.4, 0.5) is 0 Å². The van der Waals surface area contributed by atoms with Crippen molar-refractivity contribution in [1.29, 1.82) is 0 Å². The van der Waals surface area contributed by atoms with Gasteiger partial charge in [-0.05, 0) is 26.8 Å². The number of aryl methyl sites for hydroxylation is 2. The molecule has 6 heteroatoms. The molecule has 0 fully saturated rings. The first-order valence-electron chi connectivity index (χ1n) is 7.21. The molecule has 5 nitrogen and oxygen atoms in total. The molecule has 0 saturated heterocycles. The zero-order chi connectivity index (χ0) is 16.4. The Morgan fingerprint density at radius 1 is 1.26 bits per heavy atom. The van der Waals surface area contributed by atoms with Crippen molar-refractivity contribution < 1.29 is 14.1 Å². The maximum Gasteiger partial charge on any atom is 0.340 e. The largest absolute Gasteiger partial charge is 0.449 e. The number of rotatable bonds is 4. The summed E-state index contributed by atoms with van der Waals surface area (Å²) in [6, 6.07) is 11.3. The van der Waals surface area contributed by atoms with Crippen LogP contribution in [0.1, 0.15) is 39.0 Å². The molecule has 3 aromatic rings. The van der Waals surface area contributed by atoms with Gasteiger partial charge in [-0.15, -0.1) is 11.3 Å². The molecule has 1 atom stereocenters. The number of hydrogen-bond donors (Lipinski definition) is 0. The summed E-state index contributed by atoms with van der Waals surface area (Å²) in [6.07, 6.45) is -0.605. The van der Waals surface area contributed by atoms with Gasteiger partial charge < -0.3 is 9.26 Å². The topological polar surface area (TPSA) is 65.2 Å². The normalized spacial score (nSPS) is 12.1. The number of aromatic nitrogens is 2. The lowest BCUT2D eigenvalue weighted by Crippen LogP contribution is -2.09. The van der Waals surface area contributed by atoms with Crippen molar-refractivity contribution in [3.05, 3.63) is 57.6 Å². The Labute approximate surface area is 137 Å². The minimum Gasteiger partial charge on any atom is -0.449 e. The van der Waals surface area contributed by atoms with Gasteiger partial charge in [0.1, 0.15) is 0 Å². The Hall–Kier alpha value is -2.47. The van der Waals surface area contributed by atoms with Crippen molar-refractivity contribution in [3.63, 3.8) is 0 Å². The third-order valence-corrected chi connectivity index (χ3v) is 4.33. The zero-order valence-corrected chi connectivity index (χ0v) is 13.9. The van der Waals surface area contributed by atoms with Gasteiger partial charge in [-0.1, -0.05) is 35.5 Å². The molecule has 3 rings (SSSR count). The van der Waals surface area contributed by atoms with Crippen molar-refractivity contribution in [3.8, 4) is 11.4 Å². The van der Waals surface area contributed by atoms with Crippen LogP contribution in [-0.2, 0) is 4.74 Å². The Morgan fingerprint density at radius 3 is 2.65 bits per heavy atom. The first-order chi connectivity index (χ1) is 11.0. The lowest BCUT2D eigenvalue weighted by atomic mass is 10.2. The molecule has 0 unspecified atom stereocenters. The van der Waals surface area contributed by atoms with Crippen LogP contribution in [0.15, 0.2) is 40.9 Å². The summed E-state index contributed by atoms with van der Waals surface area (Å²) in [4.78, 5) is 18.6. The van der Waals surface area contributed by atoms with E-state index in [1.165, 1.54) is 0 Å².